The molecule has 0 spiro atoms. The number of rotatable bonds is 52. The Morgan fingerprint density at radius 2 is 0.918 bits per heavy atom. The van der Waals surface area contributed by atoms with Crippen LogP contribution >= 0.6 is 0 Å². The third kappa shape index (κ3) is 41.5. The van der Waals surface area contributed by atoms with E-state index >= 15 is 0 Å². The van der Waals surface area contributed by atoms with Gasteiger partial charge in [-0.1, -0.05) is 217 Å². The topological polar surface area (TPSA) is 175 Å². The molecule has 11 heteroatoms. The van der Waals surface area contributed by atoms with Gasteiger partial charge in [-0.2, -0.15) is 0 Å². The van der Waals surface area contributed by atoms with Gasteiger partial charge in [0.05, 0.1) is 32.0 Å². The van der Waals surface area contributed by atoms with Gasteiger partial charge in [0.15, 0.2) is 6.29 Å². The van der Waals surface area contributed by atoms with Crippen LogP contribution in [0.2, 0.25) is 0 Å². The molecule has 426 valence electrons. The van der Waals surface area contributed by atoms with Gasteiger partial charge in [-0.15, -0.1) is 0 Å². The molecule has 0 aromatic carbocycles. The molecule has 73 heavy (non-hydrogen) atoms. The number of allylic oxidation sites excluding steroid dienone is 7. The van der Waals surface area contributed by atoms with E-state index in [2.05, 4.69) is 55.6 Å². The highest BCUT2D eigenvalue weighted by molar-refractivity contribution is 5.76. The molecule has 0 bridgehead atoms. The molecular formula is C62H113NO10. The van der Waals surface area contributed by atoms with E-state index < -0.39 is 49.5 Å². The van der Waals surface area contributed by atoms with Crippen LogP contribution in [0.4, 0.5) is 0 Å². The van der Waals surface area contributed by atoms with E-state index in [1.807, 2.05) is 6.08 Å². The SMILES string of the molecule is CCCCC/C=C\C/C=C\CCCCCCCCCC(=O)OCCCCCCCCCC/C=C\CCCCCCCCCC(=O)NC(COC1OC(CO)C(O)C(O)C1O)C(O)/C=C/CCCCCCCCC. The van der Waals surface area contributed by atoms with Crippen molar-refractivity contribution >= 4 is 11.9 Å². The van der Waals surface area contributed by atoms with Crippen LogP contribution in [0.1, 0.15) is 271 Å². The van der Waals surface area contributed by atoms with Crippen molar-refractivity contribution in [2.45, 2.75) is 314 Å². The van der Waals surface area contributed by atoms with E-state index in [-0.39, 0.29) is 18.5 Å². The first-order valence-electron chi connectivity index (χ1n) is 30.4. The molecule has 0 radical (unpaired) electrons. The van der Waals surface area contributed by atoms with E-state index in [4.69, 9.17) is 14.2 Å². The Kier molecular flexibility index (Phi) is 48.6. The standard InChI is InChI=1S/C62H113NO10/c1-3-5-7-9-11-13-14-15-16-20-24-27-30-34-38-42-46-50-58(67)71-51-47-43-39-35-31-28-25-22-19-17-18-21-23-26-29-33-37-41-45-49-57(66)63-54(55(65)48-44-40-36-32-12-10-8-6-4-2)53-72-62-61(70)60(69)59(68)56(52-64)73-62/h11,13,15-18,44,48,54-56,59-62,64-65,68-70H,3-10,12,14,19-43,45-47,49-53H2,1-2H3,(H,63,66)/b13-11-,16-15-,18-17-,48-44+. The van der Waals surface area contributed by atoms with Gasteiger partial charge >= 0.3 is 5.97 Å². The minimum Gasteiger partial charge on any atom is -0.466 e. The highest BCUT2D eigenvalue weighted by atomic mass is 16.7. The zero-order valence-electron chi connectivity index (χ0n) is 46.8. The molecule has 0 saturated carbocycles. The third-order valence-electron chi connectivity index (χ3n) is 14.2. The van der Waals surface area contributed by atoms with Gasteiger partial charge < -0.3 is 45.1 Å². The van der Waals surface area contributed by atoms with Gasteiger partial charge in [-0.05, 0) is 89.9 Å². The van der Waals surface area contributed by atoms with Crippen molar-refractivity contribution in [3.05, 3.63) is 48.6 Å². The number of carbonyl (C=O) groups excluding carboxylic acids is 2. The minimum absolute atomic E-state index is 0.0192. The van der Waals surface area contributed by atoms with E-state index in [9.17, 15) is 35.1 Å². The van der Waals surface area contributed by atoms with Crippen LogP contribution < -0.4 is 5.32 Å². The highest BCUT2D eigenvalue weighted by Crippen LogP contribution is 2.23. The molecule has 1 fully saturated rings. The van der Waals surface area contributed by atoms with Crippen molar-refractivity contribution in [1.82, 2.24) is 5.32 Å². The number of aliphatic hydroxyl groups excluding tert-OH is 5. The molecule has 1 rings (SSSR count). The van der Waals surface area contributed by atoms with Crippen LogP contribution in [0.5, 0.6) is 0 Å². The van der Waals surface area contributed by atoms with Gasteiger partial charge in [0.25, 0.3) is 0 Å². The Balaban J connectivity index is 2.02. The molecule has 1 amide bonds. The van der Waals surface area contributed by atoms with Crippen LogP contribution in [0.3, 0.4) is 0 Å². The number of hydrogen-bond donors (Lipinski definition) is 6. The smallest absolute Gasteiger partial charge is 0.305 e. The maximum absolute atomic E-state index is 13.0. The Hall–Kier alpha value is -2.38. The zero-order valence-corrected chi connectivity index (χ0v) is 46.8. The maximum atomic E-state index is 13.0. The monoisotopic (exact) mass is 1030 g/mol. The first-order valence-corrected chi connectivity index (χ1v) is 30.4. The van der Waals surface area contributed by atoms with Crippen molar-refractivity contribution in [1.29, 1.82) is 0 Å². The van der Waals surface area contributed by atoms with Crippen molar-refractivity contribution in [3.8, 4) is 0 Å². The molecule has 0 aromatic heterocycles. The van der Waals surface area contributed by atoms with Crippen molar-refractivity contribution in [2.24, 2.45) is 0 Å². The summed E-state index contributed by atoms with van der Waals surface area (Å²) < 4.78 is 16.7. The van der Waals surface area contributed by atoms with Crippen molar-refractivity contribution in [3.63, 3.8) is 0 Å². The normalized spacial score (nSPS) is 19.2. The Bertz CT molecular complexity index is 1350. The lowest BCUT2D eigenvalue weighted by atomic mass is 9.99. The van der Waals surface area contributed by atoms with Crippen LogP contribution in [-0.2, 0) is 23.8 Å². The number of unbranched alkanes of at least 4 members (excludes halogenated alkanes) is 32. The Morgan fingerprint density at radius 3 is 1.42 bits per heavy atom. The number of esters is 1. The lowest BCUT2D eigenvalue weighted by molar-refractivity contribution is -0.302. The summed E-state index contributed by atoms with van der Waals surface area (Å²) in [4.78, 5) is 25.1. The van der Waals surface area contributed by atoms with Crippen LogP contribution in [0.15, 0.2) is 48.6 Å². The Labute approximate surface area is 446 Å². The second kappa shape index (κ2) is 51.7. The predicted molar refractivity (Wildman–Crippen MR) is 301 cm³/mol. The molecular weight excluding hydrogens is 919 g/mol. The lowest BCUT2D eigenvalue weighted by Gasteiger charge is -2.40. The predicted octanol–water partition coefficient (Wildman–Crippen LogP) is 14.1. The highest BCUT2D eigenvalue weighted by Gasteiger charge is 2.44. The van der Waals surface area contributed by atoms with Crippen molar-refractivity contribution in [2.75, 3.05) is 19.8 Å². The number of aliphatic hydroxyl groups is 5. The minimum atomic E-state index is -1.57. The van der Waals surface area contributed by atoms with Crippen molar-refractivity contribution < 1.29 is 49.3 Å². The van der Waals surface area contributed by atoms with Crippen LogP contribution in [-0.4, -0.2) is 100 Å². The average Bonchev–Trinajstić information content (AvgIpc) is 3.39. The molecule has 1 heterocycles. The summed E-state index contributed by atoms with van der Waals surface area (Å²) in [6.45, 7) is 4.26. The summed E-state index contributed by atoms with van der Waals surface area (Å²) in [5, 5.41) is 54.2. The Morgan fingerprint density at radius 1 is 0.507 bits per heavy atom. The second-order valence-corrected chi connectivity index (χ2v) is 21.0. The van der Waals surface area contributed by atoms with Gasteiger partial charge in [0.1, 0.15) is 24.4 Å². The van der Waals surface area contributed by atoms with Crippen LogP contribution in [0.25, 0.3) is 0 Å². The first kappa shape index (κ1) is 68.6. The average molecular weight is 1030 g/mol. The molecule has 0 aromatic rings. The van der Waals surface area contributed by atoms with Gasteiger partial charge in [0, 0.05) is 12.8 Å². The molecule has 1 aliphatic rings. The molecule has 1 aliphatic heterocycles. The largest absolute Gasteiger partial charge is 0.466 e. The molecule has 6 N–H and O–H groups in total. The summed E-state index contributed by atoms with van der Waals surface area (Å²) in [5.74, 6) is -0.214. The number of hydrogen-bond acceptors (Lipinski definition) is 10. The van der Waals surface area contributed by atoms with Gasteiger partial charge in [-0.25, -0.2) is 0 Å². The quantitative estimate of drug-likeness (QED) is 0.0195. The summed E-state index contributed by atoms with van der Waals surface area (Å²) in [6, 6.07) is -0.816. The first-order chi connectivity index (χ1) is 35.7. The molecule has 11 nitrogen and oxygen atoms in total. The second-order valence-electron chi connectivity index (χ2n) is 21.0. The zero-order chi connectivity index (χ0) is 53.1. The summed E-state index contributed by atoms with van der Waals surface area (Å²) in [7, 11) is 0. The van der Waals surface area contributed by atoms with Gasteiger partial charge in [0.2, 0.25) is 5.91 Å². The summed E-state index contributed by atoms with van der Waals surface area (Å²) in [6.07, 6.45) is 55.0. The summed E-state index contributed by atoms with van der Waals surface area (Å²) in [5.41, 5.74) is 0. The number of amides is 1. The van der Waals surface area contributed by atoms with Gasteiger partial charge in [-0.3, -0.25) is 9.59 Å². The number of ether oxygens (including phenoxy) is 3. The van der Waals surface area contributed by atoms with E-state index in [0.29, 0.717) is 19.4 Å². The van der Waals surface area contributed by atoms with E-state index in [0.717, 1.165) is 89.9 Å². The molecule has 1 saturated heterocycles. The molecule has 7 atom stereocenters. The number of carbonyl (C=O) groups is 2. The number of nitrogens with one attached hydrogen (secondary N) is 1. The maximum Gasteiger partial charge on any atom is 0.305 e. The summed E-state index contributed by atoms with van der Waals surface area (Å²) >= 11 is 0. The molecule has 0 aliphatic carbocycles. The fourth-order valence-electron chi connectivity index (χ4n) is 9.28. The lowest BCUT2D eigenvalue weighted by Crippen LogP contribution is -2.60. The fraction of sp³-hybridized carbons (Fsp3) is 0.839. The van der Waals surface area contributed by atoms with E-state index in [1.165, 1.54) is 154 Å². The van der Waals surface area contributed by atoms with E-state index in [1.54, 1.807) is 6.08 Å². The molecule has 7 unspecified atom stereocenters. The fourth-order valence-corrected chi connectivity index (χ4v) is 9.28. The van der Waals surface area contributed by atoms with Crippen LogP contribution in [0, 0.1) is 0 Å². The third-order valence-corrected chi connectivity index (χ3v) is 14.2.